The summed E-state index contributed by atoms with van der Waals surface area (Å²) in [5.74, 6) is 0.668. The van der Waals surface area contributed by atoms with Crippen LogP contribution in [0.4, 0.5) is 0 Å². The predicted molar refractivity (Wildman–Crippen MR) is 84.5 cm³/mol. The summed E-state index contributed by atoms with van der Waals surface area (Å²) < 4.78 is 5.68. The number of hydrogen-bond donors (Lipinski definition) is 0. The van der Waals surface area contributed by atoms with Gasteiger partial charge in [-0.1, -0.05) is 12.1 Å². The highest BCUT2D eigenvalue weighted by atomic mass is 32.1. The van der Waals surface area contributed by atoms with Crippen LogP contribution in [0.3, 0.4) is 0 Å². The van der Waals surface area contributed by atoms with Crippen molar-refractivity contribution in [2.24, 2.45) is 0 Å². The molecule has 110 valence electrons. The first-order valence-corrected chi connectivity index (χ1v) is 7.78. The Morgan fingerprint density at radius 3 is 2.90 bits per heavy atom. The minimum Gasteiger partial charge on any atom is -0.492 e. The summed E-state index contributed by atoms with van der Waals surface area (Å²) in [5.41, 5.74) is 3.60. The zero-order chi connectivity index (χ0) is 15.1. The molecule has 0 unspecified atom stereocenters. The van der Waals surface area contributed by atoms with Gasteiger partial charge in [0.25, 0.3) is 0 Å². The minimum atomic E-state index is 0.589. The van der Waals surface area contributed by atoms with E-state index in [4.69, 9.17) is 10.00 Å². The molecule has 0 radical (unpaired) electrons. The van der Waals surface area contributed by atoms with Crippen molar-refractivity contribution >= 4 is 11.3 Å². The zero-order valence-electron chi connectivity index (χ0n) is 12.4. The Kier molecular flexibility index (Phi) is 5.73. The SMILES string of the molecule is Cc1ncsc1CN(C)CCCOc1ccccc1C#N. The van der Waals surface area contributed by atoms with Crippen molar-refractivity contribution in [1.82, 2.24) is 9.88 Å². The van der Waals surface area contributed by atoms with Crippen LogP contribution in [0, 0.1) is 18.3 Å². The molecular weight excluding hydrogens is 282 g/mol. The van der Waals surface area contributed by atoms with E-state index in [1.54, 1.807) is 17.4 Å². The van der Waals surface area contributed by atoms with E-state index in [9.17, 15) is 0 Å². The Balaban J connectivity index is 1.72. The third-order valence-electron chi connectivity index (χ3n) is 3.21. The normalized spacial score (nSPS) is 10.6. The van der Waals surface area contributed by atoms with Crippen molar-refractivity contribution in [2.75, 3.05) is 20.2 Å². The van der Waals surface area contributed by atoms with Gasteiger partial charge < -0.3 is 9.64 Å². The molecule has 5 heteroatoms. The van der Waals surface area contributed by atoms with Crippen molar-refractivity contribution in [3.63, 3.8) is 0 Å². The van der Waals surface area contributed by atoms with Crippen molar-refractivity contribution in [2.45, 2.75) is 19.9 Å². The Hall–Kier alpha value is -1.90. The molecule has 0 aliphatic carbocycles. The number of thiazole rings is 1. The van der Waals surface area contributed by atoms with Crippen molar-refractivity contribution in [3.05, 3.63) is 45.9 Å². The highest BCUT2D eigenvalue weighted by Gasteiger charge is 2.06. The Labute approximate surface area is 129 Å². The topological polar surface area (TPSA) is 49.2 Å². The third-order valence-corrected chi connectivity index (χ3v) is 4.13. The third kappa shape index (κ3) is 4.55. The molecule has 1 aromatic heterocycles. The molecule has 0 atom stereocenters. The van der Waals surface area contributed by atoms with E-state index in [2.05, 4.69) is 23.0 Å². The lowest BCUT2D eigenvalue weighted by Gasteiger charge is -2.16. The van der Waals surface area contributed by atoms with Crippen molar-refractivity contribution in [1.29, 1.82) is 5.26 Å². The van der Waals surface area contributed by atoms with Gasteiger partial charge in [-0.15, -0.1) is 11.3 Å². The minimum absolute atomic E-state index is 0.589. The summed E-state index contributed by atoms with van der Waals surface area (Å²) in [5, 5.41) is 8.99. The van der Waals surface area contributed by atoms with Crippen LogP contribution >= 0.6 is 11.3 Å². The second-order valence-electron chi connectivity index (χ2n) is 4.91. The Bertz CT molecular complexity index is 618. The first kappa shape index (κ1) is 15.5. The van der Waals surface area contributed by atoms with Crippen LogP contribution in [0.15, 0.2) is 29.8 Å². The van der Waals surface area contributed by atoms with Crippen LogP contribution in [-0.4, -0.2) is 30.1 Å². The molecule has 0 aliphatic rings. The number of aromatic nitrogens is 1. The van der Waals surface area contributed by atoms with Crippen LogP contribution < -0.4 is 4.74 Å². The van der Waals surface area contributed by atoms with Crippen molar-refractivity contribution < 1.29 is 4.74 Å². The molecule has 2 rings (SSSR count). The molecule has 0 N–H and O–H groups in total. The van der Waals surface area contributed by atoms with Gasteiger partial charge in [0, 0.05) is 18.0 Å². The summed E-state index contributed by atoms with van der Waals surface area (Å²) in [6.45, 7) is 4.53. The molecule has 0 fully saturated rings. The molecule has 0 aliphatic heterocycles. The summed E-state index contributed by atoms with van der Waals surface area (Å²) in [4.78, 5) is 7.84. The van der Waals surface area contributed by atoms with Gasteiger partial charge in [-0.25, -0.2) is 4.98 Å². The fourth-order valence-corrected chi connectivity index (χ4v) is 2.86. The van der Waals surface area contributed by atoms with Crippen LogP contribution in [0.2, 0.25) is 0 Å². The number of aryl methyl sites for hydroxylation is 1. The highest BCUT2D eigenvalue weighted by Crippen LogP contribution is 2.17. The molecule has 1 aromatic carbocycles. The van der Waals surface area contributed by atoms with Gasteiger partial charge in [0.2, 0.25) is 0 Å². The highest BCUT2D eigenvalue weighted by molar-refractivity contribution is 7.09. The number of para-hydroxylation sites is 1. The number of rotatable bonds is 7. The standard InChI is InChI=1S/C16H19N3OS/c1-13-16(21-12-18-13)11-19(2)8-5-9-20-15-7-4-3-6-14(15)10-17/h3-4,6-7,12H,5,8-9,11H2,1-2H3. The lowest BCUT2D eigenvalue weighted by Crippen LogP contribution is -2.20. The Morgan fingerprint density at radius 2 is 2.19 bits per heavy atom. The number of hydrogen-bond acceptors (Lipinski definition) is 5. The van der Waals surface area contributed by atoms with Gasteiger partial charge >= 0.3 is 0 Å². The largest absolute Gasteiger partial charge is 0.492 e. The summed E-state index contributed by atoms with van der Waals surface area (Å²) in [7, 11) is 2.10. The smallest absolute Gasteiger partial charge is 0.137 e. The average Bonchev–Trinajstić information content (AvgIpc) is 2.89. The van der Waals surface area contributed by atoms with Crippen LogP contribution in [0.1, 0.15) is 22.6 Å². The van der Waals surface area contributed by atoms with Gasteiger partial charge in [-0.2, -0.15) is 5.26 Å². The second kappa shape index (κ2) is 7.77. The molecular formula is C16H19N3OS. The first-order chi connectivity index (χ1) is 10.2. The van der Waals surface area contributed by atoms with Crippen LogP contribution in [0.5, 0.6) is 5.75 Å². The lowest BCUT2D eigenvalue weighted by molar-refractivity contribution is 0.259. The van der Waals surface area contributed by atoms with E-state index in [-0.39, 0.29) is 0 Å². The quantitative estimate of drug-likeness (QED) is 0.737. The van der Waals surface area contributed by atoms with E-state index in [0.29, 0.717) is 17.9 Å². The van der Waals surface area contributed by atoms with Gasteiger partial charge in [0.15, 0.2) is 0 Å². The van der Waals surface area contributed by atoms with E-state index >= 15 is 0 Å². The molecule has 21 heavy (non-hydrogen) atoms. The molecule has 0 saturated heterocycles. The maximum atomic E-state index is 8.99. The Morgan fingerprint density at radius 1 is 1.38 bits per heavy atom. The maximum absolute atomic E-state index is 8.99. The lowest BCUT2D eigenvalue weighted by atomic mass is 10.2. The summed E-state index contributed by atoms with van der Waals surface area (Å²) in [6.07, 6.45) is 0.925. The number of nitrogens with zero attached hydrogens (tertiary/aromatic N) is 3. The average molecular weight is 301 g/mol. The van der Waals surface area contributed by atoms with E-state index < -0.39 is 0 Å². The molecule has 4 nitrogen and oxygen atoms in total. The molecule has 1 heterocycles. The monoisotopic (exact) mass is 301 g/mol. The fraction of sp³-hybridized carbons (Fsp3) is 0.375. The van der Waals surface area contributed by atoms with Crippen LogP contribution in [-0.2, 0) is 6.54 Å². The molecule has 2 aromatic rings. The number of benzene rings is 1. The van der Waals surface area contributed by atoms with E-state index in [0.717, 1.165) is 25.2 Å². The van der Waals surface area contributed by atoms with Gasteiger partial charge in [-0.3, -0.25) is 0 Å². The van der Waals surface area contributed by atoms with Crippen molar-refractivity contribution in [3.8, 4) is 11.8 Å². The molecule has 0 saturated carbocycles. The van der Waals surface area contributed by atoms with Gasteiger partial charge in [0.05, 0.1) is 23.4 Å². The fourth-order valence-electron chi connectivity index (χ4n) is 2.00. The van der Waals surface area contributed by atoms with Crippen LogP contribution in [0.25, 0.3) is 0 Å². The number of ether oxygens (including phenoxy) is 1. The molecule has 0 amide bonds. The summed E-state index contributed by atoms with van der Waals surface area (Å²) >= 11 is 1.70. The zero-order valence-corrected chi connectivity index (χ0v) is 13.2. The maximum Gasteiger partial charge on any atom is 0.137 e. The second-order valence-corrected chi connectivity index (χ2v) is 5.85. The predicted octanol–water partition coefficient (Wildman–Crippen LogP) is 3.22. The van der Waals surface area contributed by atoms with E-state index in [1.165, 1.54) is 4.88 Å². The van der Waals surface area contributed by atoms with Gasteiger partial charge in [-0.05, 0) is 32.5 Å². The summed E-state index contributed by atoms with van der Waals surface area (Å²) in [6, 6.07) is 9.48. The first-order valence-electron chi connectivity index (χ1n) is 6.90. The van der Waals surface area contributed by atoms with Gasteiger partial charge in [0.1, 0.15) is 11.8 Å². The molecule has 0 spiro atoms. The number of nitriles is 1. The molecule has 0 bridgehead atoms. The van der Waals surface area contributed by atoms with E-state index in [1.807, 2.05) is 30.6 Å².